The average molecular weight is 240 g/mol. The highest BCUT2D eigenvalue weighted by Gasteiger charge is 2.09. The topological polar surface area (TPSA) is 26.2 Å². The van der Waals surface area contributed by atoms with Gasteiger partial charge in [-0.25, -0.2) is 0 Å². The fraction of sp³-hybridized carbons (Fsp3) is 0.200. The van der Waals surface area contributed by atoms with Crippen LogP contribution in [0.3, 0.4) is 0 Å². The van der Waals surface area contributed by atoms with Gasteiger partial charge in [-0.3, -0.25) is 10.3 Å². The number of aryl methyl sites for hydroxylation is 1. The van der Waals surface area contributed by atoms with Crippen molar-refractivity contribution in [2.75, 3.05) is 12.6 Å². The molecular weight excluding hydrogens is 224 g/mol. The molecule has 0 amide bonds. The van der Waals surface area contributed by atoms with Crippen molar-refractivity contribution in [2.24, 2.45) is 0 Å². The Morgan fingerprint density at radius 1 is 1.06 bits per heavy atom. The van der Waals surface area contributed by atoms with Crippen LogP contribution in [0.5, 0.6) is 0 Å². The van der Waals surface area contributed by atoms with Gasteiger partial charge in [0.15, 0.2) is 0 Å². The Morgan fingerprint density at radius 3 is 2.61 bits per heavy atom. The van der Waals surface area contributed by atoms with Crippen molar-refractivity contribution in [2.45, 2.75) is 13.5 Å². The van der Waals surface area contributed by atoms with E-state index in [0.717, 1.165) is 12.2 Å². The van der Waals surface area contributed by atoms with Gasteiger partial charge in [-0.2, -0.15) is 0 Å². The van der Waals surface area contributed by atoms with E-state index < -0.39 is 0 Å². The van der Waals surface area contributed by atoms with E-state index in [4.69, 9.17) is 4.84 Å². The van der Waals surface area contributed by atoms with Crippen molar-refractivity contribution in [1.29, 1.82) is 0 Å². The van der Waals surface area contributed by atoms with Crippen LogP contribution in [0.15, 0.2) is 42.5 Å². The van der Waals surface area contributed by atoms with E-state index in [1.54, 1.807) is 7.11 Å². The van der Waals surface area contributed by atoms with Gasteiger partial charge < -0.3 is 4.57 Å². The first kappa shape index (κ1) is 11.1. The van der Waals surface area contributed by atoms with Gasteiger partial charge in [0.1, 0.15) is 0 Å². The van der Waals surface area contributed by atoms with Crippen LogP contribution in [0.2, 0.25) is 0 Å². The second-order valence-electron chi connectivity index (χ2n) is 4.30. The Kier molecular flexibility index (Phi) is 2.68. The first-order valence-electron chi connectivity index (χ1n) is 6.15. The molecule has 0 fully saturated rings. The minimum Gasteiger partial charge on any atom is -0.341 e. The van der Waals surface area contributed by atoms with Gasteiger partial charge in [-0.1, -0.05) is 18.2 Å². The zero-order chi connectivity index (χ0) is 12.5. The zero-order valence-electron chi connectivity index (χ0n) is 10.6. The summed E-state index contributed by atoms with van der Waals surface area (Å²) in [4.78, 5) is 4.97. The number of anilines is 1. The minimum absolute atomic E-state index is 0.973. The molecule has 3 heteroatoms. The highest BCUT2D eigenvalue weighted by Crippen LogP contribution is 2.30. The van der Waals surface area contributed by atoms with Gasteiger partial charge in [0.2, 0.25) is 0 Å². The highest BCUT2D eigenvalue weighted by atomic mass is 16.6. The minimum atomic E-state index is 0.973. The fourth-order valence-electron chi connectivity index (χ4n) is 2.58. The van der Waals surface area contributed by atoms with Crippen LogP contribution in [0.4, 0.5) is 5.69 Å². The SMILES string of the molecule is CCn1c2ccccc2c2cc(NOC)ccc21. The van der Waals surface area contributed by atoms with Crippen LogP contribution < -0.4 is 5.48 Å². The lowest BCUT2D eigenvalue weighted by molar-refractivity contribution is 0.271. The van der Waals surface area contributed by atoms with Crippen LogP contribution in [0, 0.1) is 0 Å². The number of hydrogen-bond acceptors (Lipinski definition) is 2. The molecule has 18 heavy (non-hydrogen) atoms. The molecular formula is C15H16N2O. The maximum Gasteiger partial charge on any atom is 0.0636 e. The highest BCUT2D eigenvalue weighted by molar-refractivity contribution is 6.09. The largest absolute Gasteiger partial charge is 0.341 e. The quantitative estimate of drug-likeness (QED) is 0.705. The van der Waals surface area contributed by atoms with Crippen LogP contribution in [0.25, 0.3) is 21.8 Å². The van der Waals surface area contributed by atoms with E-state index in [9.17, 15) is 0 Å². The van der Waals surface area contributed by atoms with Crippen LogP contribution >= 0.6 is 0 Å². The standard InChI is InChI=1S/C15H16N2O/c1-3-17-14-7-5-4-6-12(14)13-10-11(16-18-2)8-9-15(13)17/h4-10,16H,3H2,1-2H3. The molecule has 0 unspecified atom stereocenters. The van der Waals surface area contributed by atoms with Gasteiger partial charge in [0.25, 0.3) is 0 Å². The van der Waals surface area contributed by atoms with Gasteiger partial charge in [-0.05, 0) is 31.2 Å². The summed E-state index contributed by atoms with van der Waals surface area (Å²) in [6, 6.07) is 14.8. The van der Waals surface area contributed by atoms with Gasteiger partial charge in [0.05, 0.1) is 12.8 Å². The van der Waals surface area contributed by atoms with Gasteiger partial charge in [0, 0.05) is 28.4 Å². The number of hydrogen-bond donors (Lipinski definition) is 1. The molecule has 0 spiro atoms. The van der Waals surface area contributed by atoms with Crippen molar-refractivity contribution >= 4 is 27.5 Å². The second kappa shape index (κ2) is 4.35. The lowest BCUT2D eigenvalue weighted by Crippen LogP contribution is -1.95. The predicted molar refractivity (Wildman–Crippen MR) is 75.7 cm³/mol. The average Bonchev–Trinajstić information content (AvgIpc) is 2.72. The van der Waals surface area contributed by atoms with E-state index in [1.165, 1.54) is 21.8 Å². The number of aromatic nitrogens is 1. The number of benzene rings is 2. The number of para-hydroxylation sites is 1. The zero-order valence-corrected chi connectivity index (χ0v) is 10.6. The molecule has 3 aromatic rings. The van der Waals surface area contributed by atoms with E-state index in [0.29, 0.717) is 0 Å². The third-order valence-electron chi connectivity index (χ3n) is 3.31. The Bertz CT molecular complexity index is 700. The summed E-state index contributed by atoms with van der Waals surface area (Å²) in [6.45, 7) is 3.15. The van der Waals surface area contributed by atoms with E-state index in [2.05, 4.69) is 53.4 Å². The lowest BCUT2D eigenvalue weighted by atomic mass is 10.1. The van der Waals surface area contributed by atoms with Gasteiger partial charge in [-0.15, -0.1) is 0 Å². The third kappa shape index (κ3) is 1.56. The number of fused-ring (bicyclic) bond motifs is 3. The monoisotopic (exact) mass is 240 g/mol. The molecule has 0 saturated heterocycles. The van der Waals surface area contributed by atoms with Crippen LogP contribution in [-0.2, 0) is 11.4 Å². The summed E-state index contributed by atoms with van der Waals surface area (Å²) in [7, 11) is 1.62. The smallest absolute Gasteiger partial charge is 0.0636 e. The predicted octanol–water partition coefficient (Wildman–Crippen LogP) is 3.79. The first-order chi connectivity index (χ1) is 8.85. The molecule has 3 nitrogen and oxygen atoms in total. The Balaban J connectivity index is 2.37. The van der Waals surface area contributed by atoms with E-state index >= 15 is 0 Å². The lowest BCUT2D eigenvalue weighted by Gasteiger charge is -2.04. The maximum absolute atomic E-state index is 4.97. The fourth-order valence-corrected chi connectivity index (χ4v) is 2.58. The Labute approximate surface area is 106 Å². The van der Waals surface area contributed by atoms with Crippen molar-refractivity contribution < 1.29 is 4.84 Å². The summed E-state index contributed by atoms with van der Waals surface area (Å²) in [6.07, 6.45) is 0. The molecule has 92 valence electrons. The molecule has 0 saturated carbocycles. The van der Waals surface area contributed by atoms with Crippen molar-refractivity contribution in [3.05, 3.63) is 42.5 Å². The Hall–Kier alpha value is -2.00. The molecule has 0 atom stereocenters. The summed E-state index contributed by atoms with van der Waals surface area (Å²) in [5.74, 6) is 0. The van der Waals surface area contributed by atoms with Crippen LogP contribution in [0.1, 0.15) is 6.92 Å². The van der Waals surface area contributed by atoms with Crippen molar-refractivity contribution in [1.82, 2.24) is 4.57 Å². The summed E-state index contributed by atoms with van der Waals surface area (Å²) >= 11 is 0. The molecule has 0 aliphatic carbocycles. The maximum atomic E-state index is 4.97. The normalized spacial score (nSPS) is 11.2. The molecule has 1 heterocycles. The first-order valence-corrected chi connectivity index (χ1v) is 6.15. The number of nitrogens with zero attached hydrogens (tertiary/aromatic N) is 1. The summed E-state index contributed by atoms with van der Waals surface area (Å²) in [5.41, 5.74) is 6.40. The number of nitrogens with one attached hydrogen (secondary N) is 1. The summed E-state index contributed by atoms with van der Waals surface area (Å²) < 4.78 is 2.33. The molecule has 0 radical (unpaired) electrons. The second-order valence-corrected chi connectivity index (χ2v) is 4.30. The molecule has 0 aliphatic heterocycles. The van der Waals surface area contributed by atoms with Gasteiger partial charge >= 0.3 is 0 Å². The van der Waals surface area contributed by atoms with Crippen molar-refractivity contribution in [3.8, 4) is 0 Å². The number of rotatable bonds is 3. The Morgan fingerprint density at radius 2 is 1.83 bits per heavy atom. The van der Waals surface area contributed by atoms with E-state index in [-0.39, 0.29) is 0 Å². The molecule has 1 aromatic heterocycles. The molecule has 1 N–H and O–H groups in total. The summed E-state index contributed by atoms with van der Waals surface area (Å²) in [5, 5.41) is 2.55. The van der Waals surface area contributed by atoms with E-state index in [1.807, 2.05) is 6.07 Å². The molecule has 3 rings (SSSR count). The molecule has 0 bridgehead atoms. The third-order valence-corrected chi connectivity index (χ3v) is 3.31. The van der Waals surface area contributed by atoms with Crippen molar-refractivity contribution in [3.63, 3.8) is 0 Å². The molecule has 2 aromatic carbocycles. The van der Waals surface area contributed by atoms with Crippen LogP contribution in [-0.4, -0.2) is 11.7 Å². The molecule has 0 aliphatic rings.